The van der Waals surface area contributed by atoms with Gasteiger partial charge in [-0.2, -0.15) is 5.10 Å². The normalized spacial score (nSPS) is 14.6. The van der Waals surface area contributed by atoms with E-state index in [-0.39, 0.29) is 0 Å². The van der Waals surface area contributed by atoms with Crippen molar-refractivity contribution in [1.82, 2.24) is 19.7 Å². The van der Waals surface area contributed by atoms with Crippen molar-refractivity contribution >= 4 is 17.6 Å². The molecule has 1 fully saturated rings. The van der Waals surface area contributed by atoms with Gasteiger partial charge in [0.15, 0.2) is 0 Å². The molecule has 0 unspecified atom stereocenters. The summed E-state index contributed by atoms with van der Waals surface area (Å²) in [4.78, 5) is 9.38. The molecule has 0 saturated heterocycles. The average molecular weight is 289 g/mol. The van der Waals surface area contributed by atoms with Crippen molar-refractivity contribution < 1.29 is 0 Å². The van der Waals surface area contributed by atoms with Gasteiger partial charge in [-0.3, -0.25) is 4.68 Å². The molecule has 0 spiro atoms. The lowest BCUT2D eigenvalue weighted by Crippen LogP contribution is -2.04. The van der Waals surface area contributed by atoms with Gasteiger partial charge < -0.3 is 5.32 Å². The topological polar surface area (TPSA) is 55.6 Å². The second-order valence-electron chi connectivity index (χ2n) is 5.23. The average Bonchev–Trinajstić information content (AvgIpc) is 3.19. The monoisotopic (exact) mass is 289 g/mol. The third kappa shape index (κ3) is 2.52. The molecule has 2 aromatic heterocycles. The lowest BCUT2D eigenvalue weighted by Gasteiger charge is -2.11. The van der Waals surface area contributed by atoms with Crippen LogP contribution < -0.4 is 5.32 Å². The summed E-state index contributed by atoms with van der Waals surface area (Å²) >= 11 is 1.66. The number of hydrogen-bond donors (Lipinski definition) is 1. The van der Waals surface area contributed by atoms with E-state index in [4.69, 9.17) is 4.98 Å². The van der Waals surface area contributed by atoms with Crippen molar-refractivity contribution in [3.63, 3.8) is 0 Å². The van der Waals surface area contributed by atoms with Crippen LogP contribution in [0.2, 0.25) is 0 Å². The SMILES string of the molecule is CNc1nc(C2CC2)nc(Sc2cc(C)nn2C)c1C. The Morgan fingerprint density at radius 3 is 2.60 bits per heavy atom. The summed E-state index contributed by atoms with van der Waals surface area (Å²) in [6, 6.07) is 2.09. The Balaban J connectivity index is 1.99. The first-order valence-electron chi connectivity index (χ1n) is 6.83. The molecular weight excluding hydrogens is 270 g/mol. The van der Waals surface area contributed by atoms with Gasteiger partial charge in [0, 0.05) is 25.6 Å². The van der Waals surface area contributed by atoms with E-state index in [1.807, 2.05) is 25.7 Å². The second-order valence-corrected chi connectivity index (χ2v) is 6.24. The van der Waals surface area contributed by atoms with Crippen LogP contribution >= 0.6 is 11.8 Å². The van der Waals surface area contributed by atoms with Crippen LogP contribution in [0.4, 0.5) is 5.82 Å². The van der Waals surface area contributed by atoms with E-state index in [0.29, 0.717) is 5.92 Å². The van der Waals surface area contributed by atoms with Gasteiger partial charge in [0.1, 0.15) is 21.7 Å². The quantitative estimate of drug-likeness (QED) is 0.877. The fourth-order valence-corrected chi connectivity index (χ4v) is 3.15. The Kier molecular flexibility index (Phi) is 3.41. The summed E-state index contributed by atoms with van der Waals surface area (Å²) in [6.45, 7) is 4.07. The highest BCUT2D eigenvalue weighted by Gasteiger charge is 2.28. The van der Waals surface area contributed by atoms with Crippen molar-refractivity contribution in [3.05, 3.63) is 23.1 Å². The number of nitrogens with zero attached hydrogens (tertiary/aromatic N) is 4. The maximum absolute atomic E-state index is 4.76. The van der Waals surface area contributed by atoms with Crippen molar-refractivity contribution in [2.45, 2.75) is 42.7 Å². The van der Waals surface area contributed by atoms with Gasteiger partial charge in [0.2, 0.25) is 0 Å². The van der Waals surface area contributed by atoms with E-state index in [9.17, 15) is 0 Å². The number of aromatic nitrogens is 4. The molecule has 3 rings (SSSR count). The first-order chi connectivity index (χ1) is 9.58. The minimum absolute atomic E-state index is 0.551. The molecule has 1 N–H and O–H groups in total. The molecule has 20 heavy (non-hydrogen) atoms. The van der Waals surface area contributed by atoms with Crippen molar-refractivity contribution in [3.8, 4) is 0 Å². The van der Waals surface area contributed by atoms with E-state index in [2.05, 4.69) is 28.4 Å². The minimum Gasteiger partial charge on any atom is -0.373 e. The molecule has 0 aliphatic heterocycles. The van der Waals surface area contributed by atoms with Crippen molar-refractivity contribution in [1.29, 1.82) is 0 Å². The highest BCUT2D eigenvalue weighted by Crippen LogP contribution is 2.40. The molecule has 0 atom stereocenters. The summed E-state index contributed by atoms with van der Waals surface area (Å²) in [6.07, 6.45) is 2.42. The highest BCUT2D eigenvalue weighted by molar-refractivity contribution is 7.99. The summed E-state index contributed by atoms with van der Waals surface area (Å²) in [5.41, 5.74) is 2.12. The first kappa shape index (κ1) is 13.4. The molecule has 0 aromatic carbocycles. The number of rotatable bonds is 4. The lowest BCUT2D eigenvalue weighted by molar-refractivity contribution is 0.691. The predicted molar refractivity (Wildman–Crippen MR) is 80.4 cm³/mol. The molecule has 5 nitrogen and oxygen atoms in total. The molecular formula is C14H19N5S. The summed E-state index contributed by atoms with van der Waals surface area (Å²) in [7, 11) is 3.88. The molecule has 1 saturated carbocycles. The molecule has 106 valence electrons. The fourth-order valence-electron chi connectivity index (χ4n) is 2.16. The van der Waals surface area contributed by atoms with E-state index in [1.54, 1.807) is 11.8 Å². The minimum atomic E-state index is 0.551. The number of aryl methyl sites for hydroxylation is 2. The van der Waals surface area contributed by atoms with Crippen LogP contribution in [-0.4, -0.2) is 26.8 Å². The van der Waals surface area contributed by atoms with Crippen LogP contribution in [-0.2, 0) is 7.05 Å². The zero-order chi connectivity index (χ0) is 14.3. The summed E-state index contributed by atoms with van der Waals surface area (Å²) in [5.74, 6) is 2.46. The van der Waals surface area contributed by atoms with Gasteiger partial charge in [-0.15, -0.1) is 0 Å². The third-order valence-corrected chi connectivity index (χ3v) is 4.64. The van der Waals surface area contributed by atoms with E-state index in [0.717, 1.165) is 33.0 Å². The van der Waals surface area contributed by atoms with Gasteiger partial charge in [0.25, 0.3) is 0 Å². The molecule has 0 bridgehead atoms. The largest absolute Gasteiger partial charge is 0.373 e. The smallest absolute Gasteiger partial charge is 0.135 e. The fraction of sp³-hybridized carbons (Fsp3) is 0.500. The highest BCUT2D eigenvalue weighted by atomic mass is 32.2. The van der Waals surface area contributed by atoms with E-state index < -0.39 is 0 Å². The van der Waals surface area contributed by atoms with Crippen LogP contribution in [0.25, 0.3) is 0 Å². The van der Waals surface area contributed by atoms with Crippen molar-refractivity contribution in [2.75, 3.05) is 12.4 Å². The van der Waals surface area contributed by atoms with Crippen LogP contribution in [0, 0.1) is 13.8 Å². The number of nitrogens with one attached hydrogen (secondary N) is 1. The van der Waals surface area contributed by atoms with Gasteiger partial charge >= 0.3 is 0 Å². The Morgan fingerprint density at radius 2 is 2.05 bits per heavy atom. The van der Waals surface area contributed by atoms with Gasteiger partial charge in [-0.1, -0.05) is 0 Å². The van der Waals surface area contributed by atoms with E-state index in [1.165, 1.54) is 12.8 Å². The number of hydrogen-bond acceptors (Lipinski definition) is 5. The number of anilines is 1. The Morgan fingerprint density at radius 1 is 1.30 bits per heavy atom. The maximum atomic E-state index is 4.76. The summed E-state index contributed by atoms with van der Waals surface area (Å²) in [5, 5.41) is 9.69. The van der Waals surface area contributed by atoms with E-state index >= 15 is 0 Å². The Hall–Kier alpha value is -1.56. The first-order valence-corrected chi connectivity index (χ1v) is 7.65. The Labute approximate surface area is 123 Å². The van der Waals surface area contributed by atoms with Gasteiger partial charge in [0.05, 0.1) is 5.69 Å². The molecule has 0 radical (unpaired) electrons. The van der Waals surface area contributed by atoms with Gasteiger partial charge in [-0.25, -0.2) is 9.97 Å². The Bertz CT molecular complexity index is 645. The molecule has 2 aromatic rings. The maximum Gasteiger partial charge on any atom is 0.135 e. The van der Waals surface area contributed by atoms with Gasteiger partial charge in [-0.05, 0) is 44.5 Å². The van der Waals surface area contributed by atoms with Crippen LogP contribution in [0.15, 0.2) is 16.1 Å². The molecule has 1 aliphatic carbocycles. The molecule has 1 aliphatic rings. The molecule has 0 amide bonds. The van der Waals surface area contributed by atoms with Crippen molar-refractivity contribution in [2.24, 2.45) is 7.05 Å². The third-order valence-electron chi connectivity index (χ3n) is 3.46. The standard InChI is InChI=1S/C14H19N5S/c1-8-7-11(19(4)18-8)20-14-9(2)12(15-3)16-13(17-14)10-5-6-10/h7,10H,5-6H2,1-4H3,(H,15,16,17). The molecule has 2 heterocycles. The summed E-state index contributed by atoms with van der Waals surface area (Å²) < 4.78 is 1.90. The van der Waals surface area contributed by atoms with Crippen LogP contribution in [0.5, 0.6) is 0 Å². The zero-order valence-electron chi connectivity index (χ0n) is 12.3. The molecule has 6 heteroatoms. The van der Waals surface area contributed by atoms with Crippen LogP contribution in [0.1, 0.15) is 35.8 Å². The second kappa shape index (κ2) is 5.09. The predicted octanol–water partition coefficient (Wildman–Crippen LogP) is 2.90. The van der Waals surface area contributed by atoms with Crippen LogP contribution in [0.3, 0.4) is 0 Å². The lowest BCUT2D eigenvalue weighted by atomic mass is 10.3. The zero-order valence-corrected chi connectivity index (χ0v) is 13.1.